The summed E-state index contributed by atoms with van der Waals surface area (Å²) in [4.78, 5) is 13.0. The number of hydrogen-bond donors (Lipinski definition) is 0. The molecule has 4 bridgehead atoms. The van der Waals surface area contributed by atoms with Crippen molar-refractivity contribution >= 4 is 16.7 Å². The minimum atomic E-state index is -0.439. The van der Waals surface area contributed by atoms with Gasteiger partial charge in [0.25, 0.3) is 0 Å². The zero-order valence-electron chi connectivity index (χ0n) is 18.3. The smallest absolute Gasteiger partial charge is 0.339 e. The van der Waals surface area contributed by atoms with Crippen LogP contribution in [0.1, 0.15) is 68.3 Å². The molecular formula is C28H32O2. The predicted molar refractivity (Wildman–Crippen MR) is 120 cm³/mol. The standard InChI is InChI=1S/C28H32O2/c1-4-28(2,3)30-27(29)22-10-6-7-19-20(22)8-5-9-21(19)23-14-18-15-24(23)26-17-12-11-16(13-17)25(18)26/h5-12,16-18,23-26H,4,13-15H2,1-3H3. The van der Waals surface area contributed by atoms with Crippen molar-refractivity contribution in [1.82, 2.24) is 0 Å². The Labute approximate surface area is 179 Å². The predicted octanol–water partition coefficient (Wildman–Crippen LogP) is 6.75. The first kappa shape index (κ1) is 18.7. The Morgan fingerprint density at radius 1 is 0.967 bits per heavy atom. The lowest BCUT2D eigenvalue weighted by Crippen LogP contribution is -2.30. The lowest BCUT2D eigenvalue weighted by atomic mass is 9.67. The summed E-state index contributed by atoms with van der Waals surface area (Å²) < 4.78 is 5.84. The van der Waals surface area contributed by atoms with Crippen LogP contribution >= 0.6 is 0 Å². The number of rotatable bonds is 4. The first-order valence-electron chi connectivity index (χ1n) is 11.9. The molecule has 0 aliphatic heterocycles. The van der Waals surface area contributed by atoms with Gasteiger partial charge in [-0.05, 0) is 103 Å². The molecular weight excluding hydrogens is 368 g/mol. The van der Waals surface area contributed by atoms with E-state index >= 15 is 0 Å². The van der Waals surface area contributed by atoms with Crippen LogP contribution < -0.4 is 0 Å². The first-order valence-corrected chi connectivity index (χ1v) is 11.9. The minimum absolute atomic E-state index is 0.198. The van der Waals surface area contributed by atoms with Crippen LogP contribution in [-0.2, 0) is 4.74 Å². The largest absolute Gasteiger partial charge is 0.456 e. The van der Waals surface area contributed by atoms with E-state index in [0.717, 1.165) is 47.3 Å². The van der Waals surface area contributed by atoms with Crippen molar-refractivity contribution < 1.29 is 9.53 Å². The van der Waals surface area contributed by atoms with Crippen LogP contribution in [0.2, 0.25) is 0 Å². The van der Waals surface area contributed by atoms with Crippen LogP contribution in [0.5, 0.6) is 0 Å². The second-order valence-electron chi connectivity index (χ2n) is 10.9. The quantitative estimate of drug-likeness (QED) is 0.322. The Kier molecular flexibility index (Phi) is 4.01. The third-order valence-corrected chi connectivity index (χ3v) is 9.07. The molecule has 2 aromatic carbocycles. The van der Waals surface area contributed by atoms with Crippen molar-refractivity contribution in [3.05, 3.63) is 59.7 Å². The van der Waals surface area contributed by atoms with E-state index in [9.17, 15) is 4.79 Å². The summed E-state index contributed by atoms with van der Waals surface area (Å²) in [6.07, 6.45) is 10.0. The van der Waals surface area contributed by atoms with Gasteiger partial charge in [0.1, 0.15) is 5.60 Å². The van der Waals surface area contributed by atoms with Crippen molar-refractivity contribution in [2.24, 2.45) is 35.5 Å². The van der Waals surface area contributed by atoms with Crippen LogP contribution in [0.4, 0.5) is 0 Å². The molecule has 3 fully saturated rings. The van der Waals surface area contributed by atoms with Crippen molar-refractivity contribution in [2.75, 3.05) is 0 Å². The molecule has 6 rings (SSSR count). The second kappa shape index (κ2) is 6.45. The molecule has 0 spiro atoms. The van der Waals surface area contributed by atoms with Gasteiger partial charge in [0.05, 0.1) is 5.56 Å². The summed E-state index contributed by atoms with van der Waals surface area (Å²) in [5, 5.41) is 2.31. The number of esters is 1. The summed E-state index contributed by atoms with van der Waals surface area (Å²) in [6.45, 7) is 6.02. The number of ether oxygens (including phenoxy) is 1. The molecule has 0 radical (unpaired) electrons. The molecule has 2 heteroatoms. The first-order chi connectivity index (χ1) is 14.5. The third-order valence-electron chi connectivity index (χ3n) is 9.07. The van der Waals surface area contributed by atoms with E-state index in [1.165, 1.54) is 30.2 Å². The Hall–Kier alpha value is -2.09. The third kappa shape index (κ3) is 2.58. The highest BCUT2D eigenvalue weighted by Crippen LogP contribution is 2.69. The van der Waals surface area contributed by atoms with Gasteiger partial charge in [-0.25, -0.2) is 4.79 Å². The van der Waals surface area contributed by atoms with Gasteiger partial charge >= 0.3 is 5.97 Å². The summed E-state index contributed by atoms with van der Waals surface area (Å²) in [6, 6.07) is 12.8. The highest BCUT2D eigenvalue weighted by molar-refractivity contribution is 6.05. The molecule has 2 aromatic rings. The molecule has 7 unspecified atom stereocenters. The van der Waals surface area contributed by atoms with Crippen molar-refractivity contribution in [3.63, 3.8) is 0 Å². The van der Waals surface area contributed by atoms with Crippen molar-refractivity contribution in [1.29, 1.82) is 0 Å². The molecule has 4 aliphatic rings. The number of carbonyl (C=O) groups excluding carboxylic acids is 1. The monoisotopic (exact) mass is 400 g/mol. The normalized spacial score (nSPS) is 35.9. The van der Waals surface area contributed by atoms with Gasteiger partial charge in [-0.15, -0.1) is 0 Å². The maximum Gasteiger partial charge on any atom is 0.339 e. The maximum absolute atomic E-state index is 13.0. The topological polar surface area (TPSA) is 26.3 Å². The highest BCUT2D eigenvalue weighted by Gasteiger charge is 2.61. The molecule has 0 aromatic heterocycles. The van der Waals surface area contributed by atoms with E-state index in [1.807, 2.05) is 26.0 Å². The van der Waals surface area contributed by atoms with Gasteiger partial charge in [-0.2, -0.15) is 0 Å². The molecule has 0 saturated heterocycles. The van der Waals surface area contributed by atoms with Gasteiger partial charge in [0.15, 0.2) is 0 Å². The molecule has 7 atom stereocenters. The van der Waals surface area contributed by atoms with Gasteiger partial charge in [0, 0.05) is 0 Å². The van der Waals surface area contributed by atoms with Crippen molar-refractivity contribution in [2.45, 2.75) is 58.0 Å². The zero-order chi connectivity index (χ0) is 20.6. The average Bonchev–Trinajstić information content (AvgIpc) is 3.52. The maximum atomic E-state index is 13.0. The van der Waals surface area contributed by atoms with Crippen LogP contribution in [0, 0.1) is 35.5 Å². The van der Waals surface area contributed by atoms with E-state index in [2.05, 4.69) is 43.3 Å². The molecule has 30 heavy (non-hydrogen) atoms. The number of allylic oxidation sites excluding steroid dienone is 2. The summed E-state index contributed by atoms with van der Waals surface area (Å²) in [7, 11) is 0. The van der Waals surface area contributed by atoms with Gasteiger partial charge < -0.3 is 4.74 Å². The molecule has 156 valence electrons. The van der Waals surface area contributed by atoms with Crippen LogP contribution in [-0.4, -0.2) is 11.6 Å². The van der Waals surface area contributed by atoms with E-state index in [1.54, 1.807) is 0 Å². The van der Waals surface area contributed by atoms with E-state index in [0.29, 0.717) is 11.5 Å². The lowest BCUT2D eigenvalue weighted by molar-refractivity contribution is -0.00221. The highest BCUT2D eigenvalue weighted by atomic mass is 16.6. The number of fused-ring (bicyclic) bond motifs is 10. The number of carbonyl (C=O) groups is 1. The fourth-order valence-electron chi connectivity index (χ4n) is 7.59. The van der Waals surface area contributed by atoms with Crippen LogP contribution in [0.25, 0.3) is 10.8 Å². The minimum Gasteiger partial charge on any atom is -0.456 e. The Morgan fingerprint density at radius 2 is 1.70 bits per heavy atom. The number of benzene rings is 2. The number of hydrogen-bond acceptors (Lipinski definition) is 2. The average molecular weight is 401 g/mol. The molecule has 0 amide bonds. The zero-order valence-corrected chi connectivity index (χ0v) is 18.3. The summed E-state index contributed by atoms with van der Waals surface area (Å²) in [5.41, 5.74) is 1.74. The molecule has 3 saturated carbocycles. The fraction of sp³-hybridized carbons (Fsp3) is 0.536. The van der Waals surface area contributed by atoms with E-state index in [4.69, 9.17) is 4.74 Å². The Balaban J connectivity index is 1.37. The molecule has 2 nitrogen and oxygen atoms in total. The molecule has 4 aliphatic carbocycles. The summed E-state index contributed by atoms with van der Waals surface area (Å²) >= 11 is 0. The van der Waals surface area contributed by atoms with Crippen LogP contribution in [0.3, 0.4) is 0 Å². The van der Waals surface area contributed by atoms with Crippen molar-refractivity contribution in [3.8, 4) is 0 Å². The van der Waals surface area contributed by atoms with Gasteiger partial charge in [-0.1, -0.05) is 49.4 Å². The van der Waals surface area contributed by atoms with E-state index < -0.39 is 5.60 Å². The van der Waals surface area contributed by atoms with Crippen LogP contribution in [0.15, 0.2) is 48.6 Å². The second-order valence-corrected chi connectivity index (χ2v) is 10.9. The summed E-state index contributed by atoms with van der Waals surface area (Å²) in [5.74, 6) is 5.72. The fourth-order valence-corrected chi connectivity index (χ4v) is 7.59. The van der Waals surface area contributed by atoms with Gasteiger partial charge in [0.2, 0.25) is 0 Å². The molecule has 0 N–H and O–H groups in total. The SMILES string of the molecule is CCC(C)(C)OC(=O)c1cccc2c(C3CC4CC3C3C5C=CC(C5)C43)cccc12. The molecule has 0 heterocycles. The van der Waals surface area contributed by atoms with E-state index in [-0.39, 0.29) is 5.97 Å². The Bertz CT molecular complexity index is 1050. The lowest BCUT2D eigenvalue weighted by Gasteiger charge is -2.37. The Morgan fingerprint density at radius 3 is 2.50 bits per heavy atom. The van der Waals surface area contributed by atoms with Gasteiger partial charge in [-0.3, -0.25) is 0 Å².